The summed E-state index contributed by atoms with van der Waals surface area (Å²) < 4.78 is 11.5. The fourth-order valence-corrected chi connectivity index (χ4v) is 2.73. The highest BCUT2D eigenvalue weighted by Gasteiger charge is 2.15. The zero-order chi connectivity index (χ0) is 23.8. The summed E-state index contributed by atoms with van der Waals surface area (Å²) in [4.78, 5) is 46.7. The Morgan fingerprint density at radius 3 is 2.61 bits per heavy atom. The van der Waals surface area contributed by atoms with Crippen molar-refractivity contribution in [1.29, 1.82) is 0 Å². The van der Waals surface area contributed by atoms with Crippen LogP contribution >= 0.6 is 0 Å². The highest BCUT2D eigenvalue weighted by molar-refractivity contribution is 5.95. The first kappa shape index (κ1) is 23.1. The molecule has 1 heterocycles. The van der Waals surface area contributed by atoms with Crippen LogP contribution in [0.3, 0.4) is 0 Å². The molecule has 11 nitrogen and oxygen atoms in total. The SMILES string of the molecule is Cc1ccc([N+](=O)[O-])cc1NC(=O)COC(=O)c1ccc(=O)n(CCOc2ccccc2)n1. The third-order valence-electron chi connectivity index (χ3n) is 4.43. The number of anilines is 1. The van der Waals surface area contributed by atoms with Gasteiger partial charge in [-0.05, 0) is 30.7 Å². The number of carbonyl (C=O) groups excluding carboxylic acids is 2. The van der Waals surface area contributed by atoms with Crippen molar-refractivity contribution in [1.82, 2.24) is 9.78 Å². The topological polar surface area (TPSA) is 143 Å². The summed E-state index contributed by atoms with van der Waals surface area (Å²) in [6, 6.07) is 15.4. The summed E-state index contributed by atoms with van der Waals surface area (Å²) in [5.74, 6) is -0.957. The number of carbonyl (C=O) groups is 2. The molecule has 0 aliphatic heterocycles. The lowest BCUT2D eigenvalue weighted by atomic mass is 10.2. The first-order valence-electron chi connectivity index (χ1n) is 9.81. The fourth-order valence-electron chi connectivity index (χ4n) is 2.73. The summed E-state index contributed by atoms with van der Waals surface area (Å²) in [6.07, 6.45) is 0. The number of para-hydroxylation sites is 1. The lowest BCUT2D eigenvalue weighted by Crippen LogP contribution is -2.28. The number of nitrogens with zero attached hydrogens (tertiary/aromatic N) is 3. The number of benzene rings is 2. The van der Waals surface area contributed by atoms with Gasteiger partial charge in [-0.2, -0.15) is 5.10 Å². The van der Waals surface area contributed by atoms with E-state index in [4.69, 9.17) is 9.47 Å². The van der Waals surface area contributed by atoms with Crippen molar-refractivity contribution in [3.05, 3.63) is 92.4 Å². The molecule has 170 valence electrons. The van der Waals surface area contributed by atoms with Crippen molar-refractivity contribution < 1.29 is 24.0 Å². The number of hydrogen-bond acceptors (Lipinski definition) is 8. The second-order valence-corrected chi connectivity index (χ2v) is 6.82. The number of hydrogen-bond donors (Lipinski definition) is 1. The molecule has 0 atom stereocenters. The van der Waals surface area contributed by atoms with Crippen LogP contribution in [0.1, 0.15) is 16.1 Å². The second kappa shape index (κ2) is 10.7. The van der Waals surface area contributed by atoms with Crippen molar-refractivity contribution in [3.8, 4) is 5.75 Å². The van der Waals surface area contributed by atoms with Gasteiger partial charge in [-0.15, -0.1) is 0 Å². The number of amides is 1. The Labute approximate surface area is 187 Å². The van der Waals surface area contributed by atoms with Crippen LogP contribution in [0, 0.1) is 17.0 Å². The van der Waals surface area contributed by atoms with Gasteiger partial charge in [-0.3, -0.25) is 19.7 Å². The molecular formula is C22H20N4O7. The Balaban J connectivity index is 1.56. The average Bonchev–Trinajstić information content (AvgIpc) is 2.80. The van der Waals surface area contributed by atoms with E-state index < -0.39 is 29.0 Å². The normalized spacial score (nSPS) is 10.3. The number of esters is 1. The summed E-state index contributed by atoms with van der Waals surface area (Å²) in [5.41, 5.74) is 0.0634. The Bertz CT molecular complexity index is 1220. The molecular weight excluding hydrogens is 432 g/mol. The third-order valence-corrected chi connectivity index (χ3v) is 4.43. The maximum absolute atomic E-state index is 12.3. The number of aromatic nitrogens is 2. The van der Waals surface area contributed by atoms with E-state index in [9.17, 15) is 24.5 Å². The van der Waals surface area contributed by atoms with E-state index in [-0.39, 0.29) is 30.2 Å². The molecule has 1 amide bonds. The van der Waals surface area contributed by atoms with Crippen LogP contribution in [-0.4, -0.2) is 39.8 Å². The fraction of sp³-hybridized carbons (Fsp3) is 0.182. The van der Waals surface area contributed by atoms with Gasteiger partial charge in [0.1, 0.15) is 12.4 Å². The largest absolute Gasteiger partial charge is 0.492 e. The molecule has 0 saturated heterocycles. The van der Waals surface area contributed by atoms with Gasteiger partial charge in [0, 0.05) is 18.2 Å². The van der Waals surface area contributed by atoms with Gasteiger partial charge in [0.05, 0.1) is 17.2 Å². The van der Waals surface area contributed by atoms with Crippen LogP contribution < -0.4 is 15.6 Å². The van der Waals surface area contributed by atoms with E-state index in [1.54, 1.807) is 19.1 Å². The Hall–Kier alpha value is -4.54. The summed E-state index contributed by atoms with van der Waals surface area (Å²) >= 11 is 0. The number of ether oxygens (including phenoxy) is 2. The molecule has 0 bridgehead atoms. The summed E-state index contributed by atoms with van der Waals surface area (Å²) in [7, 11) is 0. The highest BCUT2D eigenvalue weighted by Crippen LogP contribution is 2.21. The number of nitro benzene ring substituents is 1. The van der Waals surface area contributed by atoms with Crippen LogP contribution in [0.5, 0.6) is 5.75 Å². The smallest absolute Gasteiger partial charge is 0.359 e. The van der Waals surface area contributed by atoms with Gasteiger partial charge in [0.25, 0.3) is 17.2 Å². The summed E-state index contributed by atoms with van der Waals surface area (Å²) in [6.45, 7) is 1.28. The maximum atomic E-state index is 12.3. The van der Waals surface area contributed by atoms with Crippen molar-refractivity contribution in [3.63, 3.8) is 0 Å². The number of aryl methyl sites for hydroxylation is 1. The number of non-ortho nitro benzene ring substituents is 1. The standard InChI is InChI=1S/C22H20N4O7/c1-15-7-8-16(26(30)31)13-19(15)23-20(27)14-33-22(29)18-9-10-21(28)25(24-18)11-12-32-17-5-3-2-4-6-17/h2-10,13H,11-12,14H2,1H3,(H,23,27). The maximum Gasteiger partial charge on any atom is 0.359 e. The average molecular weight is 452 g/mol. The van der Waals surface area contributed by atoms with Crippen LogP contribution in [-0.2, 0) is 16.1 Å². The van der Waals surface area contributed by atoms with Crippen molar-refractivity contribution in [2.45, 2.75) is 13.5 Å². The molecule has 0 aliphatic carbocycles. The van der Waals surface area contributed by atoms with Gasteiger partial charge in [0.2, 0.25) is 0 Å². The van der Waals surface area contributed by atoms with Crippen molar-refractivity contribution in [2.75, 3.05) is 18.5 Å². The van der Waals surface area contributed by atoms with E-state index in [1.807, 2.05) is 18.2 Å². The number of rotatable bonds is 9. The Kier molecular flexibility index (Phi) is 7.47. The molecule has 0 unspecified atom stereocenters. The van der Waals surface area contributed by atoms with Crippen molar-refractivity contribution in [2.24, 2.45) is 0 Å². The molecule has 3 rings (SSSR count). The molecule has 2 aromatic carbocycles. The minimum absolute atomic E-state index is 0.0986. The van der Waals surface area contributed by atoms with Crippen LogP contribution in [0.4, 0.5) is 11.4 Å². The predicted molar refractivity (Wildman–Crippen MR) is 117 cm³/mol. The lowest BCUT2D eigenvalue weighted by molar-refractivity contribution is -0.384. The van der Waals surface area contributed by atoms with Gasteiger partial charge in [-0.25, -0.2) is 9.48 Å². The molecule has 0 aliphatic rings. The highest BCUT2D eigenvalue weighted by atomic mass is 16.6. The zero-order valence-corrected chi connectivity index (χ0v) is 17.6. The molecule has 3 aromatic rings. The van der Waals surface area contributed by atoms with Crippen LogP contribution in [0.2, 0.25) is 0 Å². The molecule has 0 fully saturated rings. The van der Waals surface area contributed by atoms with E-state index in [1.165, 1.54) is 30.3 Å². The monoisotopic (exact) mass is 452 g/mol. The van der Waals surface area contributed by atoms with E-state index in [0.717, 1.165) is 4.68 Å². The molecule has 1 N–H and O–H groups in total. The van der Waals surface area contributed by atoms with E-state index >= 15 is 0 Å². The number of nitro groups is 1. The molecule has 0 spiro atoms. The number of nitrogens with one attached hydrogen (secondary N) is 1. The van der Waals surface area contributed by atoms with Gasteiger partial charge in [0.15, 0.2) is 12.3 Å². The first-order valence-corrected chi connectivity index (χ1v) is 9.81. The minimum atomic E-state index is -0.904. The lowest BCUT2D eigenvalue weighted by Gasteiger charge is -2.10. The molecule has 33 heavy (non-hydrogen) atoms. The van der Waals surface area contributed by atoms with Gasteiger partial charge in [-0.1, -0.05) is 24.3 Å². The van der Waals surface area contributed by atoms with E-state index in [0.29, 0.717) is 11.3 Å². The van der Waals surface area contributed by atoms with E-state index in [2.05, 4.69) is 10.4 Å². The summed E-state index contributed by atoms with van der Waals surface area (Å²) in [5, 5.41) is 17.3. The predicted octanol–water partition coefficient (Wildman–Crippen LogP) is 2.33. The minimum Gasteiger partial charge on any atom is -0.492 e. The zero-order valence-electron chi connectivity index (χ0n) is 17.6. The molecule has 0 saturated carbocycles. The quantitative estimate of drug-likeness (QED) is 0.296. The second-order valence-electron chi connectivity index (χ2n) is 6.82. The van der Waals surface area contributed by atoms with Crippen LogP contribution in [0.25, 0.3) is 0 Å². The third kappa shape index (κ3) is 6.47. The molecule has 0 radical (unpaired) electrons. The Morgan fingerprint density at radius 1 is 1.12 bits per heavy atom. The van der Waals surface area contributed by atoms with Crippen LogP contribution in [0.15, 0.2) is 65.5 Å². The molecule has 11 heteroatoms. The first-order chi connectivity index (χ1) is 15.8. The van der Waals surface area contributed by atoms with Gasteiger partial charge < -0.3 is 14.8 Å². The molecule has 1 aromatic heterocycles. The Morgan fingerprint density at radius 2 is 1.88 bits per heavy atom. The van der Waals surface area contributed by atoms with Gasteiger partial charge >= 0.3 is 5.97 Å². The van der Waals surface area contributed by atoms with Crippen molar-refractivity contribution >= 4 is 23.3 Å².